The van der Waals surface area contributed by atoms with Crippen LogP contribution in [-0.4, -0.2) is 27.4 Å². The molecule has 0 saturated carbocycles. The minimum atomic E-state index is 0.0550. The number of carbonyl (C=O) groups excluding carboxylic acids is 1. The summed E-state index contributed by atoms with van der Waals surface area (Å²) in [7, 11) is 3.86. The van der Waals surface area contributed by atoms with Gasteiger partial charge in [0.15, 0.2) is 11.6 Å². The number of Topliss-reactive ketones (excluding diaryl/α,β-unsaturated/α-hetero) is 1. The second kappa shape index (κ2) is 4.52. The Hall–Kier alpha value is -2.56. The second-order valence-corrected chi connectivity index (χ2v) is 4.85. The van der Waals surface area contributed by atoms with Gasteiger partial charge in [-0.2, -0.15) is 0 Å². The highest BCUT2D eigenvalue weighted by atomic mass is 16.1. The predicted octanol–water partition coefficient (Wildman–Crippen LogP) is 2.81. The van der Waals surface area contributed by atoms with Crippen LogP contribution in [0.5, 0.6) is 0 Å². The number of hydrogen-bond acceptors (Lipinski definition) is 3. The maximum Gasteiger partial charge on any atom is 0.159 e. The smallest absolute Gasteiger partial charge is 0.159 e. The fourth-order valence-electron chi connectivity index (χ4n) is 2.29. The highest BCUT2D eigenvalue weighted by Crippen LogP contribution is 2.24. The van der Waals surface area contributed by atoms with E-state index in [0.717, 1.165) is 28.2 Å². The number of hydrogen-bond donors (Lipinski definition) is 2. The Morgan fingerprint density at radius 2 is 2.15 bits per heavy atom. The number of anilines is 1. The van der Waals surface area contributed by atoms with Gasteiger partial charge in [0.1, 0.15) is 0 Å². The van der Waals surface area contributed by atoms with Crippen molar-refractivity contribution >= 4 is 22.5 Å². The first kappa shape index (κ1) is 12.5. The van der Waals surface area contributed by atoms with Crippen molar-refractivity contribution in [3.05, 3.63) is 36.0 Å². The van der Waals surface area contributed by atoms with Crippen LogP contribution < -0.4 is 5.32 Å². The van der Waals surface area contributed by atoms with Crippen LogP contribution in [0.2, 0.25) is 0 Å². The number of rotatable bonds is 3. The van der Waals surface area contributed by atoms with E-state index in [1.807, 2.05) is 43.1 Å². The minimum absolute atomic E-state index is 0.0550. The SMILES string of the molecule is CNc1cc(-c2nc3ccc(C(C)=O)cc3[nH]2)n(C)c1. The third-order valence-electron chi connectivity index (χ3n) is 3.42. The molecule has 5 nitrogen and oxygen atoms in total. The van der Waals surface area contributed by atoms with E-state index < -0.39 is 0 Å². The lowest BCUT2D eigenvalue weighted by Gasteiger charge is -1.97. The Kier molecular flexibility index (Phi) is 2.82. The molecule has 102 valence electrons. The summed E-state index contributed by atoms with van der Waals surface area (Å²) in [6, 6.07) is 7.55. The van der Waals surface area contributed by atoms with Crippen LogP contribution in [0.25, 0.3) is 22.6 Å². The molecule has 0 fully saturated rings. The lowest BCUT2D eigenvalue weighted by atomic mass is 10.1. The number of fused-ring (bicyclic) bond motifs is 1. The van der Waals surface area contributed by atoms with E-state index >= 15 is 0 Å². The molecule has 0 aliphatic rings. The van der Waals surface area contributed by atoms with Crippen LogP contribution in [0, 0.1) is 0 Å². The quantitative estimate of drug-likeness (QED) is 0.718. The Labute approximate surface area is 116 Å². The van der Waals surface area contributed by atoms with E-state index in [2.05, 4.69) is 15.3 Å². The number of benzene rings is 1. The predicted molar refractivity (Wildman–Crippen MR) is 80.1 cm³/mol. The molecule has 2 aromatic heterocycles. The van der Waals surface area contributed by atoms with Gasteiger partial charge in [0.2, 0.25) is 0 Å². The number of H-pyrrole nitrogens is 1. The van der Waals surface area contributed by atoms with Crippen LogP contribution in [0.3, 0.4) is 0 Å². The summed E-state index contributed by atoms with van der Waals surface area (Å²) in [5, 5.41) is 3.11. The topological polar surface area (TPSA) is 62.7 Å². The van der Waals surface area contributed by atoms with Gasteiger partial charge in [-0.05, 0) is 31.2 Å². The monoisotopic (exact) mass is 268 g/mol. The number of ketones is 1. The summed E-state index contributed by atoms with van der Waals surface area (Å²) in [6.07, 6.45) is 2.00. The highest BCUT2D eigenvalue weighted by Gasteiger charge is 2.11. The first-order chi connectivity index (χ1) is 9.58. The molecule has 0 spiro atoms. The van der Waals surface area contributed by atoms with E-state index in [1.165, 1.54) is 0 Å². The summed E-state index contributed by atoms with van der Waals surface area (Å²) in [6.45, 7) is 1.56. The molecule has 3 aromatic rings. The number of aryl methyl sites for hydroxylation is 1. The molecule has 0 bridgehead atoms. The maximum absolute atomic E-state index is 11.4. The van der Waals surface area contributed by atoms with Gasteiger partial charge >= 0.3 is 0 Å². The molecular formula is C15H16N4O. The van der Waals surface area contributed by atoms with Crippen molar-refractivity contribution < 1.29 is 4.79 Å². The van der Waals surface area contributed by atoms with Crippen LogP contribution >= 0.6 is 0 Å². The Morgan fingerprint density at radius 3 is 2.80 bits per heavy atom. The number of carbonyl (C=O) groups is 1. The zero-order valence-corrected chi connectivity index (χ0v) is 11.7. The molecule has 1 aromatic carbocycles. The van der Waals surface area contributed by atoms with E-state index in [1.54, 1.807) is 13.0 Å². The molecule has 0 aliphatic heterocycles. The van der Waals surface area contributed by atoms with Crippen LogP contribution in [-0.2, 0) is 7.05 Å². The molecular weight excluding hydrogens is 252 g/mol. The molecule has 0 saturated heterocycles. The van der Waals surface area contributed by atoms with Crippen LogP contribution in [0.1, 0.15) is 17.3 Å². The summed E-state index contributed by atoms with van der Waals surface area (Å²) in [5.74, 6) is 0.851. The first-order valence-corrected chi connectivity index (χ1v) is 6.43. The molecule has 0 radical (unpaired) electrons. The number of aromatic nitrogens is 3. The van der Waals surface area contributed by atoms with Crippen molar-refractivity contribution in [2.75, 3.05) is 12.4 Å². The van der Waals surface area contributed by atoms with Crippen molar-refractivity contribution in [2.24, 2.45) is 7.05 Å². The largest absolute Gasteiger partial charge is 0.387 e. The molecule has 3 rings (SSSR count). The molecule has 0 aliphatic carbocycles. The van der Waals surface area contributed by atoms with Gasteiger partial charge in [-0.3, -0.25) is 4.79 Å². The van der Waals surface area contributed by atoms with Gasteiger partial charge in [0, 0.05) is 25.9 Å². The number of imidazole rings is 1. The van der Waals surface area contributed by atoms with E-state index in [-0.39, 0.29) is 5.78 Å². The molecule has 0 amide bonds. The summed E-state index contributed by atoms with van der Waals surface area (Å²) in [4.78, 5) is 19.3. The third-order valence-corrected chi connectivity index (χ3v) is 3.42. The van der Waals surface area contributed by atoms with Gasteiger partial charge in [-0.25, -0.2) is 4.98 Å². The first-order valence-electron chi connectivity index (χ1n) is 6.43. The Bertz CT molecular complexity index is 797. The zero-order valence-electron chi connectivity index (χ0n) is 11.7. The third kappa shape index (κ3) is 1.97. The van der Waals surface area contributed by atoms with Crippen molar-refractivity contribution in [1.82, 2.24) is 14.5 Å². The normalized spacial score (nSPS) is 10.9. The molecule has 2 N–H and O–H groups in total. The highest BCUT2D eigenvalue weighted by molar-refractivity contribution is 5.97. The number of aromatic amines is 1. The molecule has 2 heterocycles. The fourth-order valence-corrected chi connectivity index (χ4v) is 2.29. The van der Waals surface area contributed by atoms with E-state index in [4.69, 9.17) is 0 Å². The molecule has 0 atom stereocenters. The summed E-state index contributed by atoms with van der Waals surface area (Å²) < 4.78 is 2.01. The summed E-state index contributed by atoms with van der Waals surface area (Å²) in [5.41, 5.74) is 4.45. The van der Waals surface area contributed by atoms with Gasteiger partial charge in [-0.1, -0.05) is 0 Å². The van der Waals surface area contributed by atoms with Crippen molar-refractivity contribution in [2.45, 2.75) is 6.92 Å². The standard InChI is InChI=1S/C15H16N4O/c1-9(20)10-4-5-12-13(6-10)18-15(17-12)14-7-11(16-2)8-19(14)3/h4-8,16H,1-3H3,(H,17,18). The van der Waals surface area contributed by atoms with Crippen LogP contribution in [0.15, 0.2) is 30.5 Å². The maximum atomic E-state index is 11.4. The van der Waals surface area contributed by atoms with E-state index in [0.29, 0.717) is 5.56 Å². The van der Waals surface area contributed by atoms with Crippen molar-refractivity contribution in [3.63, 3.8) is 0 Å². The molecule has 0 unspecified atom stereocenters. The van der Waals surface area contributed by atoms with Crippen LogP contribution in [0.4, 0.5) is 5.69 Å². The van der Waals surface area contributed by atoms with Gasteiger partial charge in [0.25, 0.3) is 0 Å². The van der Waals surface area contributed by atoms with Gasteiger partial charge in [-0.15, -0.1) is 0 Å². The second-order valence-electron chi connectivity index (χ2n) is 4.85. The number of nitrogens with one attached hydrogen (secondary N) is 2. The Balaban J connectivity index is 2.12. The number of nitrogens with zero attached hydrogens (tertiary/aromatic N) is 2. The average molecular weight is 268 g/mol. The Morgan fingerprint density at radius 1 is 1.35 bits per heavy atom. The van der Waals surface area contributed by atoms with Gasteiger partial charge < -0.3 is 14.9 Å². The average Bonchev–Trinajstić information content (AvgIpc) is 3.00. The fraction of sp³-hybridized carbons (Fsp3) is 0.200. The van der Waals surface area contributed by atoms with Crippen molar-refractivity contribution in [1.29, 1.82) is 0 Å². The van der Waals surface area contributed by atoms with E-state index in [9.17, 15) is 4.79 Å². The minimum Gasteiger partial charge on any atom is -0.387 e. The lowest BCUT2D eigenvalue weighted by molar-refractivity contribution is 0.101. The zero-order chi connectivity index (χ0) is 14.3. The molecule has 5 heteroatoms. The summed E-state index contributed by atoms with van der Waals surface area (Å²) >= 11 is 0. The molecule has 20 heavy (non-hydrogen) atoms. The van der Waals surface area contributed by atoms with Crippen molar-refractivity contribution in [3.8, 4) is 11.5 Å². The lowest BCUT2D eigenvalue weighted by Crippen LogP contribution is -1.90. The van der Waals surface area contributed by atoms with Gasteiger partial charge in [0.05, 0.1) is 22.4 Å².